The average molecular weight is 425 g/mol. The summed E-state index contributed by atoms with van der Waals surface area (Å²) in [6.45, 7) is 8.79. The summed E-state index contributed by atoms with van der Waals surface area (Å²) >= 11 is 1.38. The molecule has 7 heteroatoms. The van der Waals surface area contributed by atoms with Gasteiger partial charge in [-0.2, -0.15) is 0 Å². The van der Waals surface area contributed by atoms with E-state index < -0.39 is 0 Å². The van der Waals surface area contributed by atoms with Gasteiger partial charge in [-0.3, -0.25) is 4.79 Å². The van der Waals surface area contributed by atoms with E-state index in [2.05, 4.69) is 22.4 Å². The van der Waals surface area contributed by atoms with Crippen LogP contribution >= 0.6 is 11.8 Å². The van der Waals surface area contributed by atoms with Crippen molar-refractivity contribution in [3.05, 3.63) is 65.5 Å². The number of rotatable bonds is 9. The van der Waals surface area contributed by atoms with E-state index in [1.807, 2.05) is 73.9 Å². The molecule has 0 unspecified atom stereocenters. The van der Waals surface area contributed by atoms with Crippen molar-refractivity contribution in [2.24, 2.45) is 0 Å². The van der Waals surface area contributed by atoms with Crippen LogP contribution in [0.5, 0.6) is 5.75 Å². The van der Waals surface area contributed by atoms with Crippen LogP contribution in [0.25, 0.3) is 0 Å². The van der Waals surface area contributed by atoms with E-state index in [0.717, 1.165) is 34.8 Å². The highest BCUT2D eigenvalue weighted by atomic mass is 32.2. The first-order valence-corrected chi connectivity index (χ1v) is 11.2. The Morgan fingerprint density at radius 1 is 1.13 bits per heavy atom. The predicted molar refractivity (Wildman–Crippen MR) is 121 cm³/mol. The van der Waals surface area contributed by atoms with Gasteiger partial charge in [-0.1, -0.05) is 55.1 Å². The monoisotopic (exact) mass is 424 g/mol. The SMILES string of the molecule is CCc1cccc(C)c1NC(=O)CSc1nnc([C@@H](C)Oc2ccccc2)n1CC. The quantitative estimate of drug-likeness (QED) is 0.487. The maximum absolute atomic E-state index is 12.6. The number of carbonyl (C=O) groups is 1. The predicted octanol–water partition coefficient (Wildman–Crippen LogP) is 5.04. The van der Waals surface area contributed by atoms with Crippen molar-refractivity contribution in [2.45, 2.75) is 51.9 Å². The fraction of sp³-hybridized carbons (Fsp3) is 0.348. The molecule has 0 bridgehead atoms. The second-order valence-electron chi connectivity index (χ2n) is 6.96. The number of carbonyl (C=O) groups excluding carboxylic acids is 1. The topological polar surface area (TPSA) is 69.0 Å². The average Bonchev–Trinajstić information content (AvgIpc) is 3.17. The minimum absolute atomic E-state index is 0.0511. The summed E-state index contributed by atoms with van der Waals surface area (Å²) in [4.78, 5) is 12.6. The highest BCUT2D eigenvalue weighted by molar-refractivity contribution is 7.99. The van der Waals surface area contributed by atoms with E-state index in [-0.39, 0.29) is 17.8 Å². The number of amides is 1. The third-order valence-electron chi connectivity index (χ3n) is 4.82. The molecular weight excluding hydrogens is 396 g/mol. The van der Waals surface area contributed by atoms with E-state index in [4.69, 9.17) is 4.74 Å². The van der Waals surface area contributed by atoms with E-state index in [1.165, 1.54) is 11.8 Å². The van der Waals surface area contributed by atoms with Crippen LogP contribution in [0, 0.1) is 6.92 Å². The first-order chi connectivity index (χ1) is 14.5. The molecule has 1 heterocycles. The lowest BCUT2D eigenvalue weighted by atomic mass is 10.1. The number of nitrogens with one attached hydrogen (secondary N) is 1. The molecular formula is C23H28N4O2S. The van der Waals surface area contributed by atoms with Crippen molar-refractivity contribution in [3.63, 3.8) is 0 Å². The molecule has 30 heavy (non-hydrogen) atoms. The van der Waals surface area contributed by atoms with Crippen molar-refractivity contribution in [3.8, 4) is 5.75 Å². The zero-order chi connectivity index (χ0) is 21.5. The van der Waals surface area contributed by atoms with E-state index in [0.29, 0.717) is 11.7 Å². The van der Waals surface area contributed by atoms with Crippen LogP contribution in [0.1, 0.15) is 43.8 Å². The van der Waals surface area contributed by atoms with Gasteiger partial charge in [0.15, 0.2) is 17.1 Å². The third-order valence-corrected chi connectivity index (χ3v) is 5.78. The van der Waals surface area contributed by atoms with Gasteiger partial charge in [0.1, 0.15) is 5.75 Å². The van der Waals surface area contributed by atoms with Gasteiger partial charge in [0, 0.05) is 12.2 Å². The Hall–Kier alpha value is -2.80. The second-order valence-corrected chi connectivity index (χ2v) is 7.90. The molecule has 0 fully saturated rings. The number of hydrogen-bond acceptors (Lipinski definition) is 5. The molecule has 0 aliphatic heterocycles. The van der Waals surface area contributed by atoms with Crippen LogP contribution in [-0.2, 0) is 17.8 Å². The molecule has 0 saturated heterocycles. The molecule has 0 saturated carbocycles. The van der Waals surface area contributed by atoms with E-state index in [1.54, 1.807) is 0 Å². The Labute approximate surface area is 182 Å². The number of nitrogens with zero attached hydrogens (tertiary/aromatic N) is 3. The van der Waals surface area contributed by atoms with Crippen molar-refractivity contribution >= 4 is 23.4 Å². The summed E-state index contributed by atoms with van der Waals surface area (Å²) in [6, 6.07) is 15.7. The Bertz CT molecular complexity index is 988. The molecule has 2 aromatic carbocycles. The molecule has 0 aliphatic rings. The van der Waals surface area contributed by atoms with Crippen molar-refractivity contribution in [2.75, 3.05) is 11.1 Å². The molecule has 0 spiro atoms. The summed E-state index contributed by atoms with van der Waals surface area (Å²) in [5.41, 5.74) is 3.12. The zero-order valence-corrected chi connectivity index (χ0v) is 18.7. The first-order valence-electron chi connectivity index (χ1n) is 10.2. The minimum Gasteiger partial charge on any atom is -0.483 e. The van der Waals surface area contributed by atoms with Crippen LogP contribution in [0.3, 0.4) is 0 Å². The Morgan fingerprint density at radius 3 is 2.60 bits per heavy atom. The fourth-order valence-electron chi connectivity index (χ4n) is 3.27. The van der Waals surface area contributed by atoms with Crippen molar-refractivity contribution < 1.29 is 9.53 Å². The zero-order valence-electron chi connectivity index (χ0n) is 17.9. The molecule has 1 atom stereocenters. The molecule has 0 aliphatic carbocycles. The summed E-state index contributed by atoms with van der Waals surface area (Å²) < 4.78 is 7.98. The third kappa shape index (κ3) is 5.21. The van der Waals surface area contributed by atoms with Crippen LogP contribution in [-0.4, -0.2) is 26.4 Å². The number of hydrogen-bond donors (Lipinski definition) is 1. The summed E-state index contributed by atoms with van der Waals surface area (Å²) in [5, 5.41) is 12.4. The Kier molecular flexibility index (Phi) is 7.52. The number of thioether (sulfide) groups is 1. The van der Waals surface area contributed by atoms with Crippen LogP contribution < -0.4 is 10.1 Å². The van der Waals surface area contributed by atoms with Crippen LogP contribution in [0.15, 0.2) is 53.7 Å². The van der Waals surface area contributed by atoms with Gasteiger partial charge in [-0.25, -0.2) is 0 Å². The van der Waals surface area contributed by atoms with Crippen LogP contribution in [0.4, 0.5) is 5.69 Å². The number of ether oxygens (including phenoxy) is 1. The van der Waals surface area contributed by atoms with Gasteiger partial charge >= 0.3 is 0 Å². The highest BCUT2D eigenvalue weighted by Crippen LogP contribution is 2.25. The molecule has 158 valence electrons. The molecule has 1 N–H and O–H groups in total. The van der Waals surface area contributed by atoms with Gasteiger partial charge in [0.25, 0.3) is 0 Å². The molecule has 1 amide bonds. The standard InChI is InChI=1S/C23H28N4O2S/c1-5-18-12-10-11-16(3)21(18)24-20(28)15-30-23-26-25-22(27(23)6-2)17(4)29-19-13-8-7-9-14-19/h7-14,17H,5-6,15H2,1-4H3,(H,24,28)/t17-/m1/s1. The van der Waals surface area contributed by atoms with Crippen molar-refractivity contribution in [1.29, 1.82) is 0 Å². The maximum Gasteiger partial charge on any atom is 0.234 e. The molecule has 0 radical (unpaired) electrons. The Morgan fingerprint density at radius 2 is 1.90 bits per heavy atom. The number of benzene rings is 2. The molecule has 1 aromatic heterocycles. The number of anilines is 1. The second kappa shape index (κ2) is 10.3. The summed E-state index contributed by atoms with van der Waals surface area (Å²) in [5.74, 6) is 1.75. The van der Waals surface area contributed by atoms with Gasteiger partial charge in [0.05, 0.1) is 5.75 Å². The van der Waals surface area contributed by atoms with Gasteiger partial charge in [0.2, 0.25) is 5.91 Å². The first kappa shape index (κ1) is 21.9. The normalized spacial score (nSPS) is 11.9. The Balaban J connectivity index is 1.65. The largest absolute Gasteiger partial charge is 0.483 e. The lowest BCUT2D eigenvalue weighted by Gasteiger charge is -2.15. The number of aryl methyl sites for hydroxylation is 2. The smallest absolute Gasteiger partial charge is 0.234 e. The summed E-state index contributed by atoms with van der Waals surface area (Å²) in [6.07, 6.45) is 0.624. The molecule has 3 rings (SSSR count). The number of para-hydroxylation sites is 2. The van der Waals surface area contributed by atoms with Gasteiger partial charge in [-0.15, -0.1) is 10.2 Å². The molecule has 6 nitrogen and oxygen atoms in total. The fourth-order valence-corrected chi connectivity index (χ4v) is 4.08. The highest BCUT2D eigenvalue weighted by Gasteiger charge is 2.19. The lowest BCUT2D eigenvalue weighted by Crippen LogP contribution is -2.17. The van der Waals surface area contributed by atoms with E-state index in [9.17, 15) is 4.79 Å². The molecule has 3 aromatic rings. The lowest BCUT2D eigenvalue weighted by molar-refractivity contribution is -0.113. The summed E-state index contributed by atoms with van der Waals surface area (Å²) in [7, 11) is 0. The van der Waals surface area contributed by atoms with E-state index >= 15 is 0 Å². The van der Waals surface area contributed by atoms with Gasteiger partial charge in [-0.05, 0) is 50.5 Å². The van der Waals surface area contributed by atoms with Crippen LogP contribution in [0.2, 0.25) is 0 Å². The number of aromatic nitrogens is 3. The van der Waals surface area contributed by atoms with Gasteiger partial charge < -0.3 is 14.6 Å². The maximum atomic E-state index is 12.6. The van der Waals surface area contributed by atoms with Crippen molar-refractivity contribution in [1.82, 2.24) is 14.8 Å². The minimum atomic E-state index is -0.248.